The monoisotopic (exact) mass is 168 g/mol. The van der Waals surface area contributed by atoms with E-state index in [4.69, 9.17) is 5.73 Å². The van der Waals surface area contributed by atoms with Crippen molar-refractivity contribution in [3.8, 4) is 0 Å². The summed E-state index contributed by atoms with van der Waals surface area (Å²) in [5.74, 6) is 0.781. The third-order valence-electron chi connectivity index (χ3n) is 2.28. The highest BCUT2D eigenvalue weighted by molar-refractivity contribution is 7.09. The summed E-state index contributed by atoms with van der Waals surface area (Å²) in [6.45, 7) is 2.23. The third-order valence-corrected chi connectivity index (χ3v) is 3.28. The lowest BCUT2D eigenvalue weighted by atomic mass is 9.70. The van der Waals surface area contributed by atoms with Gasteiger partial charge in [-0.2, -0.15) is 0 Å². The van der Waals surface area contributed by atoms with E-state index < -0.39 is 0 Å². The average molecular weight is 168 g/mol. The van der Waals surface area contributed by atoms with Crippen LogP contribution in [0.2, 0.25) is 0 Å². The Morgan fingerprint density at radius 3 is 2.91 bits per heavy atom. The van der Waals surface area contributed by atoms with Crippen LogP contribution < -0.4 is 5.73 Å². The number of hydrogen-bond donors (Lipinski definition) is 1. The molecular weight excluding hydrogens is 156 g/mol. The normalized spacial score (nSPS) is 36.7. The molecule has 0 spiro atoms. The predicted molar refractivity (Wildman–Crippen MR) is 46.4 cm³/mol. The molecule has 60 valence electrons. The van der Waals surface area contributed by atoms with E-state index in [1.54, 1.807) is 11.3 Å². The van der Waals surface area contributed by atoms with Crippen molar-refractivity contribution in [3.63, 3.8) is 0 Å². The molecule has 0 aliphatic heterocycles. The van der Waals surface area contributed by atoms with Gasteiger partial charge < -0.3 is 5.73 Å². The van der Waals surface area contributed by atoms with Crippen LogP contribution in [0.4, 0.5) is 0 Å². The maximum absolute atomic E-state index is 6.11. The van der Waals surface area contributed by atoms with Crippen molar-refractivity contribution in [1.82, 2.24) is 4.98 Å². The van der Waals surface area contributed by atoms with Crippen molar-refractivity contribution in [1.29, 1.82) is 0 Å². The van der Waals surface area contributed by atoms with E-state index in [-0.39, 0.29) is 5.54 Å². The van der Waals surface area contributed by atoms with Gasteiger partial charge in [-0.25, -0.2) is 4.98 Å². The summed E-state index contributed by atoms with van der Waals surface area (Å²) >= 11 is 1.67. The summed E-state index contributed by atoms with van der Waals surface area (Å²) in [4.78, 5) is 4.24. The Balaban J connectivity index is 2.18. The Morgan fingerprint density at radius 1 is 1.73 bits per heavy atom. The Bertz CT molecular complexity index is 237. The van der Waals surface area contributed by atoms with Gasteiger partial charge in [0, 0.05) is 11.6 Å². The van der Waals surface area contributed by atoms with E-state index in [0.29, 0.717) is 0 Å². The molecule has 0 amide bonds. The quantitative estimate of drug-likeness (QED) is 0.693. The number of rotatable bonds is 1. The van der Waals surface area contributed by atoms with Crippen LogP contribution >= 0.6 is 11.3 Å². The smallest absolute Gasteiger partial charge is 0.112 e. The molecule has 1 heterocycles. The molecule has 3 heteroatoms. The van der Waals surface area contributed by atoms with E-state index in [0.717, 1.165) is 23.8 Å². The molecule has 2 nitrogen and oxygen atoms in total. The van der Waals surface area contributed by atoms with Crippen LogP contribution in [0.3, 0.4) is 0 Å². The fourth-order valence-corrected chi connectivity index (χ4v) is 2.60. The van der Waals surface area contributed by atoms with E-state index >= 15 is 0 Å². The van der Waals surface area contributed by atoms with Crippen LogP contribution in [0.5, 0.6) is 0 Å². The Morgan fingerprint density at radius 2 is 2.45 bits per heavy atom. The maximum atomic E-state index is 6.11. The van der Waals surface area contributed by atoms with Crippen molar-refractivity contribution in [2.45, 2.75) is 25.3 Å². The largest absolute Gasteiger partial charge is 0.319 e. The van der Waals surface area contributed by atoms with Gasteiger partial charge in [0.1, 0.15) is 5.01 Å². The van der Waals surface area contributed by atoms with E-state index in [2.05, 4.69) is 11.9 Å². The molecule has 0 aromatic carbocycles. The zero-order valence-electron chi connectivity index (χ0n) is 6.58. The molecule has 0 radical (unpaired) electrons. The lowest BCUT2D eigenvalue weighted by Crippen LogP contribution is -2.47. The van der Waals surface area contributed by atoms with Gasteiger partial charge in [-0.05, 0) is 18.8 Å². The highest BCUT2D eigenvalue weighted by atomic mass is 32.1. The summed E-state index contributed by atoms with van der Waals surface area (Å²) in [5.41, 5.74) is 6.03. The molecular formula is C8H12N2S. The van der Waals surface area contributed by atoms with E-state index in [1.807, 2.05) is 11.6 Å². The molecule has 1 aromatic rings. The Kier molecular flexibility index (Phi) is 1.51. The van der Waals surface area contributed by atoms with Gasteiger partial charge in [0.05, 0.1) is 5.54 Å². The molecule has 0 atom stereocenters. The van der Waals surface area contributed by atoms with Crippen LogP contribution in [0.1, 0.15) is 24.8 Å². The van der Waals surface area contributed by atoms with E-state index in [1.165, 1.54) is 0 Å². The number of thiazole rings is 1. The highest BCUT2D eigenvalue weighted by Crippen LogP contribution is 2.43. The minimum absolute atomic E-state index is 0.0758. The summed E-state index contributed by atoms with van der Waals surface area (Å²) in [6.07, 6.45) is 4.03. The zero-order valence-corrected chi connectivity index (χ0v) is 7.40. The lowest BCUT2D eigenvalue weighted by Gasteiger charge is -2.41. The Hall–Kier alpha value is -0.410. The van der Waals surface area contributed by atoms with Gasteiger partial charge in [0.2, 0.25) is 0 Å². The molecule has 2 rings (SSSR count). The first-order valence-corrected chi connectivity index (χ1v) is 4.77. The second-order valence-corrected chi connectivity index (χ2v) is 4.40. The molecule has 1 aliphatic rings. The van der Waals surface area contributed by atoms with Crippen molar-refractivity contribution in [2.24, 2.45) is 11.7 Å². The standard InChI is InChI=1S/C8H12N2S/c1-6-4-8(9,5-6)7-10-2-3-11-7/h2-3,6H,4-5,9H2,1H3. The lowest BCUT2D eigenvalue weighted by molar-refractivity contribution is 0.163. The summed E-state index contributed by atoms with van der Waals surface area (Å²) in [5, 5.41) is 3.10. The van der Waals surface area contributed by atoms with Gasteiger partial charge in [-0.1, -0.05) is 6.92 Å². The first-order chi connectivity index (χ1) is 5.21. The third kappa shape index (κ3) is 1.08. The van der Waals surface area contributed by atoms with Crippen LogP contribution in [0.25, 0.3) is 0 Å². The highest BCUT2D eigenvalue weighted by Gasteiger charge is 2.41. The second kappa shape index (κ2) is 2.29. The van der Waals surface area contributed by atoms with E-state index in [9.17, 15) is 0 Å². The molecule has 0 unspecified atom stereocenters. The summed E-state index contributed by atoms with van der Waals surface area (Å²) < 4.78 is 0. The number of nitrogens with zero attached hydrogens (tertiary/aromatic N) is 1. The number of nitrogens with two attached hydrogens (primary N) is 1. The SMILES string of the molecule is CC1CC(N)(c2nccs2)C1. The van der Waals surface area contributed by atoms with Crippen molar-refractivity contribution >= 4 is 11.3 Å². The minimum atomic E-state index is -0.0758. The first-order valence-electron chi connectivity index (χ1n) is 3.89. The molecule has 1 saturated carbocycles. The fraction of sp³-hybridized carbons (Fsp3) is 0.625. The molecule has 2 N–H and O–H groups in total. The maximum Gasteiger partial charge on any atom is 0.112 e. The number of aromatic nitrogens is 1. The molecule has 11 heavy (non-hydrogen) atoms. The van der Waals surface area contributed by atoms with Crippen LogP contribution in [0, 0.1) is 5.92 Å². The molecule has 0 saturated heterocycles. The van der Waals surface area contributed by atoms with Crippen molar-refractivity contribution < 1.29 is 0 Å². The van der Waals surface area contributed by atoms with Gasteiger partial charge >= 0.3 is 0 Å². The molecule has 1 aliphatic carbocycles. The summed E-state index contributed by atoms with van der Waals surface area (Å²) in [6, 6.07) is 0. The topological polar surface area (TPSA) is 38.9 Å². The number of hydrogen-bond acceptors (Lipinski definition) is 3. The summed E-state index contributed by atoms with van der Waals surface area (Å²) in [7, 11) is 0. The second-order valence-electron chi connectivity index (χ2n) is 3.51. The van der Waals surface area contributed by atoms with Gasteiger partial charge in [0.25, 0.3) is 0 Å². The zero-order chi connectivity index (χ0) is 7.90. The predicted octanol–water partition coefficient (Wildman–Crippen LogP) is 1.73. The van der Waals surface area contributed by atoms with Gasteiger partial charge in [-0.3, -0.25) is 0 Å². The van der Waals surface area contributed by atoms with Crippen molar-refractivity contribution in [3.05, 3.63) is 16.6 Å². The van der Waals surface area contributed by atoms with Crippen molar-refractivity contribution in [2.75, 3.05) is 0 Å². The molecule has 1 aromatic heterocycles. The van der Waals surface area contributed by atoms with Gasteiger partial charge in [-0.15, -0.1) is 11.3 Å². The minimum Gasteiger partial charge on any atom is -0.319 e. The van der Waals surface area contributed by atoms with Crippen LogP contribution in [0.15, 0.2) is 11.6 Å². The Labute approximate surface area is 70.5 Å². The van der Waals surface area contributed by atoms with Crippen LogP contribution in [-0.2, 0) is 5.54 Å². The molecule has 1 fully saturated rings. The first kappa shape index (κ1) is 7.25. The average Bonchev–Trinajstić information content (AvgIpc) is 2.34. The van der Waals surface area contributed by atoms with Crippen LogP contribution in [-0.4, -0.2) is 4.98 Å². The van der Waals surface area contributed by atoms with Gasteiger partial charge in [0.15, 0.2) is 0 Å². The fourth-order valence-electron chi connectivity index (χ4n) is 1.83. The molecule has 0 bridgehead atoms.